The summed E-state index contributed by atoms with van der Waals surface area (Å²) in [6.45, 7) is 11.4. The zero-order valence-electron chi connectivity index (χ0n) is 15.9. The molecule has 0 saturated carbocycles. The van der Waals surface area contributed by atoms with Crippen molar-refractivity contribution in [3.63, 3.8) is 0 Å². The molecule has 1 rings (SSSR count). The number of aliphatic imine (C=N–C) groups is 1. The number of carbonyl (C=O) groups is 1. The summed E-state index contributed by atoms with van der Waals surface area (Å²) in [4.78, 5) is 16.3. The molecule has 0 aromatic heterocycles. The number of hydrogen-bond donors (Lipinski definition) is 3. The smallest absolute Gasteiger partial charge is 0.225 e. The van der Waals surface area contributed by atoms with Crippen LogP contribution < -0.4 is 16.0 Å². The molecule has 1 aromatic rings. The quantitative estimate of drug-likeness (QED) is 0.362. The first-order valence-corrected chi connectivity index (χ1v) is 8.85. The number of nitrogens with one attached hydrogen (secondary N) is 3. The Morgan fingerprint density at radius 3 is 2.40 bits per heavy atom. The Kier molecular flexibility index (Phi) is 9.62. The van der Waals surface area contributed by atoms with Crippen LogP contribution >= 0.6 is 0 Å². The van der Waals surface area contributed by atoms with Crippen LogP contribution in [0.3, 0.4) is 0 Å². The Morgan fingerprint density at radius 2 is 1.76 bits per heavy atom. The van der Waals surface area contributed by atoms with Crippen LogP contribution in [-0.4, -0.2) is 44.7 Å². The lowest BCUT2D eigenvalue weighted by Gasteiger charge is -2.18. The predicted molar refractivity (Wildman–Crippen MR) is 103 cm³/mol. The topological polar surface area (TPSA) is 74.8 Å². The van der Waals surface area contributed by atoms with Crippen molar-refractivity contribution in [3.8, 4) is 0 Å². The third-order valence-electron chi connectivity index (χ3n) is 3.35. The second-order valence-corrected chi connectivity index (χ2v) is 6.73. The number of rotatable bonds is 9. The third-order valence-corrected chi connectivity index (χ3v) is 3.35. The fraction of sp³-hybridized carbons (Fsp3) is 0.579. The Labute approximate surface area is 151 Å². The molecule has 1 aromatic carbocycles. The summed E-state index contributed by atoms with van der Waals surface area (Å²) in [5.74, 6) is 0.779. The van der Waals surface area contributed by atoms with Gasteiger partial charge in [0, 0.05) is 25.0 Å². The molecule has 0 heterocycles. The summed E-state index contributed by atoms with van der Waals surface area (Å²) in [6, 6.07) is 10.1. The highest BCUT2D eigenvalue weighted by Gasteiger charge is 2.20. The van der Waals surface area contributed by atoms with Gasteiger partial charge in [-0.25, -0.2) is 0 Å². The van der Waals surface area contributed by atoms with Crippen LogP contribution in [0.1, 0.15) is 33.3 Å². The van der Waals surface area contributed by atoms with E-state index in [1.165, 1.54) is 0 Å². The predicted octanol–water partition coefficient (Wildman–Crippen LogP) is 1.92. The lowest BCUT2D eigenvalue weighted by Crippen LogP contribution is -2.43. The van der Waals surface area contributed by atoms with Crippen molar-refractivity contribution >= 4 is 11.9 Å². The van der Waals surface area contributed by atoms with E-state index in [2.05, 4.69) is 20.9 Å². The van der Waals surface area contributed by atoms with Gasteiger partial charge in [-0.1, -0.05) is 51.1 Å². The van der Waals surface area contributed by atoms with Gasteiger partial charge < -0.3 is 20.7 Å². The van der Waals surface area contributed by atoms with Crippen molar-refractivity contribution in [2.45, 2.75) is 34.3 Å². The monoisotopic (exact) mass is 348 g/mol. The fourth-order valence-corrected chi connectivity index (χ4v) is 1.95. The van der Waals surface area contributed by atoms with Crippen LogP contribution in [0.25, 0.3) is 0 Å². The van der Waals surface area contributed by atoms with Gasteiger partial charge in [-0.3, -0.25) is 9.79 Å². The number of hydrogen-bond acceptors (Lipinski definition) is 3. The van der Waals surface area contributed by atoms with Crippen molar-refractivity contribution < 1.29 is 9.53 Å². The summed E-state index contributed by atoms with van der Waals surface area (Å²) in [6.07, 6.45) is 0. The van der Waals surface area contributed by atoms with Gasteiger partial charge in [-0.2, -0.15) is 0 Å². The van der Waals surface area contributed by atoms with Gasteiger partial charge in [-0.05, 0) is 12.5 Å². The van der Waals surface area contributed by atoms with E-state index in [-0.39, 0.29) is 11.3 Å². The number of amides is 1. The van der Waals surface area contributed by atoms with Crippen LogP contribution in [0.2, 0.25) is 0 Å². The highest BCUT2D eigenvalue weighted by Crippen LogP contribution is 2.11. The van der Waals surface area contributed by atoms with E-state index in [1.807, 2.05) is 58.0 Å². The van der Waals surface area contributed by atoms with Crippen molar-refractivity contribution in [3.05, 3.63) is 35.9 Å². The number of ether oxygens (including phenoxy) is 1. The fourth-order valence-electron chi connectivity index (χ4n) is 1.95. The number of carbonyl (C=O) groups excluding carboxylic acids is 1. The second-order valence-electron chi connectivity index (χ2n) is 6.73. The molecule has 0 spiro atoms. The number of guanidine groups is 1. The molecular formula is C19H32N4O2. The molecule has 25 heavy (non-hydrogen) atoms. The molecule has 3 N–H and O–H groups in total. The van der Waals surface area contributed by atoms with E-state index in [4.69, 9.17) is 4.74 Å². The highest BCUT2D eigenvalue weighted by molar-refractivity contribution is 5.81. The maximum Gasteiger partial charge on any atom is 0.225 e. The minimum atomic E-state index is -0.366. The van der Waals surface area contributed by atoms with Crippen LogP contribution in [0, 0.1) is 5.41 Å². The molecule has 0 saturated heterocycles. The van der Waals surface area contributed by atoms with Gasteiger partial charge in [0.25, 0.3) is 0 Å². The van der Waals surface area contributed by atoms with Gasteiger partial charge in [0.1, 0.15) is 0 Å². The Bertz CT molecular complexity index is 524. The van der Waals surface area contributed by atoms with Crippen molar-refractivity contribution in [1.29, 1.82) is 0 Å². The summed E-state index contributed by atoms with van der Waals surface area (Å²) in [5.41, 5.74) is 0.792. The molecular weight excluding hydrogens is 316 g/mol. The molecule has 0 aliphatic carbocycles. The van der Waals surface area contributed by atoms with Gasteiger partial charge in [0.05, 0.1) is 19.8 Å². The largest absolute Gasteiger partial charge is 0.375 e. The average molecular weight is 348 g/mol. The Morgan fingerprint density at radius 1 is 1.08 bits per heavy atom. The van der Waals surface area contributed by atoms with Gasteiger partial charge in [-0.15, -0.1) is 0 Å². The molecule has 140 valence electrons. The molecule has 1 amide bonds. The molecule has 0 aliphatic rings. The van der Waals surface area contributed by atoms with Crippen LogP contribution in [0.4, 0.5) is 0 Å². The van der Waals surface area contributed by atoms with Crippen molar-refractivity contribution in [2.24, 2.45) is 10.4 Å². The first-order valence-electron chi connectivity index (χ1n) is 8.85. The first kappa shape index (κ1) is 21.0. The maximum atomic E-state index is 11.8. The number of nitrogens with zero attached hydrogens (tertiary/aromatic N) is 1. The lowest BCUT2D eigenvalue weighted by molar-refractivity contribution is -0.128. The average Bonchev–Trinajstić information content (AvgIpc) is 2.58. The summed E-state index contributed by atoms with van der Waals surface area (Å²) in [7, 11) is 0. The molecule has 0 aliphatic heterocycles. The highest BCUT2D eigenvalue weighted by atomic mass is 16.5. The van der Waals surface area contributed by atoms with Crippen LogP contribution in [0.5, 0.6) is 0 Å². The molecule has 0 unspecified atom stereocenters. The van der Waals surface area contributed by atoms with E-state index in [9.17, 15) is 4.79 Å². The normalized spacial score (nSPS) is 11.9. The van der Waals surface area contributed by atoms with E-state index < -0.39 is 0 Å². The van der Waals surface area contributed by atoms with Gasteiger partial charge in [0.15, 0.2) is 5.96 Å². The zero-order valence-corrected chi connectivity index (χ0v) is 15.9. The minimum Gasteiger partial charge on any atom is -0.375 e. The van der Waals surface area contributed by atoms with Gasteiger partial charge in [0.2, 0.25) is 5.91 Å². The standard InChI is InChI=1S/C19H32N4O2/c1-5-20-18(22-12-11-21-17(24)19(2,3)4)23-13-14-25-15-16-9-7-6-8-10-16/h6-10H,5,11-15H2,1-4H3,(H,21,24)(H2,20,22,23). The SMILES string of the molecule is CCNC(=NCCOCc1ccccc1)NCCNC(=O)C(C)(C)C. The second kappa shape index (κ2) is 11.5. The minimum absolute atomic E-state index is 0.0468. The molecule has 0 fully saturated rings. The maximum absolute atomic E-state index is 11.8. The number of benzene rings is 1. The molecule has 0 bridgehead atoms. The zero-order chi connectivity index (χ0) is 18.5. The Hall–Kier alpha value is -2.08. The van der Waals surface area contributed by atoms with Gasteiger partial charge >= 0.3 is 0 Å². The first-order chi connectivity index (χ1) is 11.9. The van der Waals surface area contributed by atoms with Crippen molar-refractivity contribution in [2.75, 3.05) is 32.8 Å². The molecule has 0 radical (unpaired) electrons. The van der Waals surface area contributed by atoms with Crippen LogP contribution in [-0.2, 0) is 16.1 Å². The summed E-state index contributed by atoms with van der Waals surface area (Å²) in [5, 5.41) is 9.29. The van der Waals surface area contributed by atoms with E-state index >= 15 is 0 Å². The van der Waals surface area contributed by atoms with E-state index in [1.54, 1.807) is 0 Å². The molecule has 6 nitrogen and oxygen atoms in total. The van der Waals surface area contributed by atoms with Crippen LogP contribution in [0.15, 0.2) is 35.3 Å². The van der Waals surface area contributed by atoms with Crippen molar-refractivity contribution in [1.82, 2.24) is 16.0 Å². The molecule has 6 heteroatoms. The van der Waals surface area contributed by atoms with E-state index in [0.29, 0.717) is 32.8 Å². The molecule has 0 atom stereocenters. The third kappa shape index (κ3) is 9.72. The van der Waals surface area contributed by atoms with E-state index in [0.717, 1.165) is 18.1 Å². The summed E-state index contributed by atoms with van der Waals surface area (Å²) >= 11 is 0. The lowest BCUT2D eigenvalue weighted by atomic mass is 9.96. The summed E-state index contributed by atoms with van der Waals surface area (Å²) < 4.78 is 5.62. The Balaban J connectivity index is 2.23.